The Kier molecular flexibility index (Phi) is 3.83. The van der Waals surface area contributed by atoms with Gasteiger partial charge in [-0.25, -0.2) is 4.79 Å². The maximum absolute atomic E-state index is 11.5. The fourth-order valence-corrected chi connectivity index (χ4v) is 1.35. The van der Waals surface area contributed by atoms with Crippen LogP contribution in [-0.2, 0) is 4.74 Å². The molecule has 0 saturated carbocycles. The van der Waals surface area contributed by atoms with Crippen LogP contribution in [0.4, 0.5) is 5.69 Å². The minimum Gasteiger partial charge on any atom is -0.459 e. The van der Waals surface area contributed by atoms with E-state index in [1.165, 1.54) is 12.1 Å². The van der Waals surface area contributed by atoms with Gasteiger partial charge in [-0.2, -0.15) is 0 Å². The summed E-state index contributed by atoms with van der Waals surface area (Å²) in [5.74, 6) is -0.463. The summed E-state index contributed by atoms with van der Waals surface area (Å²) in [7, 11) is 0. The van der Waals surface area contributed by atoms with Gasteiger partial charge in [-0.1, -0.05) is 23.2 Å². The summed E-state index contributed by atoms with van der Waals surface area (Å²) >= 11 is 11.5. The van der Waals surface area contributed by atoms with E-state index in [9.17, 15) is 4.79 Å². The Hall–Kier alpha value is -0.930. The van der Waals surface area contributed by atoms with Crippen LogP contribution in [0.5, 0.6) is 0 Å². The second kappa shape index (κ2) is 4.73. The van der Waals surface area contributed by atoms with Crippen molar-refractivity contribution in [3.8, 4) is 0 Å². The molecule has 0 fully saturated rings. The fraction of sp³-hybridized carbons (Fsp3) is 0.300. The zero-order chi connectivity index (χ0) is 11.6. The molecular weight excluding hydrogens is 237 g/mol. The van der Waals surface area contributed by atoms with Gasteiger partial charge in [0.2, 0.25) is 0 Å². The topological polar surface area (TPSA) is 52.3 Å². The second-order valence-electron chi connectivity index (χ2n) is 3.32. The molecule has 0 spiro atoms. The molecular formula is C10H11Cl2NO2. The van der Waals surface area contributed by atoms with Crippen LogP contribution >= 0.6 is 23.2 Å². The predicted molar refractivity (Wildman–Crippen MR) is 61.4 cm³/mol. The summed E-state index contributed by atoms with van der Waals surface area (Å²) in [6, 6.07) is 2.88. The number of hydrogen-bond acceptors (Lipinski definition) is 3. The molecule has 0 unspecified atom stereocenters. The number of hydrogen-bond donors (Lipinski definition) is 1. The number of carbonyl (C=O) groups excluding carboxylic acids is 1. The molecule has 0 saturated heterocycles. The minimum absolute atomic E-state index is 0.187. The van der Waals surface area contributed by atoms with Gasteiger partial charge < -0.3 is 10.5 Å². The van der Waals surface area contributed by atoms with Crippen molar-refractivity contribution in [1.82, 2.24) is 0 Å². The smallest absolute Gasteiger partial charge is 0.338 e. The highest BCUT2D eigenvalue weighted by molar-refractivity contribution is 6.43. The summed E-state index contributed by atoms with van der Waals surface area (Å²) in [6.07, 6.45) is -0.187. The van der Waals surface area contributed by atoms with E-state index in [1.807, 2.05) is 0 Å². The Morgan fingerprint density at radius 3 is 2.47 bits per heavy atom. The standard InChI is InChI=1S/C10H11Cl2NO2/c1-5(2)15-10(14)6-3-7(11)9(12)8(13)4-6/h3-5H,13H2,1-2H3. The van der Waals surface area contributed by atoms with Gasteiger partial charge in [-0.3, -0.25) is 0 Å². The second-order valence-corrected chi connectivity index (χ2v) is 4.10. The highest BCUT2D eigenvalue weighted by Gasteiger charge is 2.13. The van der Waals surface area contributed by atoms with Crippen LogP contribution in [0.3, 0.4) is 0 Å². The van der Waals surface area contributed by atoms with Gasteiger partial charge in [-0.05, 0) is 26.0 Å². The monoisotopic (exact) mass is 247 g/mol. The van der Waals surface area contributed by atoms with Crippen LogP contribution in [0.1, 0.15) is 24.2 Å². The molecule has 3 nitrogen and oxygen atoms in total. The molecule has 0 aliphatic rings. The summed E-state index contributed by atoms with van der Waals surface area (Å²) < 4.78 is 4.99. The summed E-state index contributed by atoms with van der Waals surface area (Å²) in [6.45, 7) is 3.53. The Labute approximate surface area is 98.1 Å². The molecule has 0 aliphatic carbocycles. The Bertz CT molecular complexity index is 368. The van der Waals surface area contributed by atoms with E-state index in [0.29, 0.717) is 5.56 Å². The van der Waals surface area contributed by atoms with Gasteiger partial charge in [0.25, 0.3) is 0 Å². The quantitative estimate of drug-likeness (QED) is 0.646. The van der Waals surface area contributed by atoms with E-state index in [0.717, 1.165) is 0 Å². The number of carbonyl (C=O) groups is 1. The number of ether oxygens (including phenoxy) is 1. The molecule has 1 rings (SSSR count). The van der Waals surface area contributed by atoms with Crippen molar-refractivity contribution >= 4 is 34.9 Å². The molecule has 0 aliphatic heterocycles. The first kappa shape index (κ1) is 12.1. The van der Waals surface area contributed by atoms with E-state index >= 15 is 0 Å². The van der Waals surface area contributed by atoms with Gasteiger partial charge in [0.05, 0.1) is 27.4 Å². The van der Waals surface area contributed by atoms with Crippen molar-refractivity contribution < 1.29 is 9.53 Å². The van der Waals surface area contributed by atoms with E-state index in [-0.39, 0.29) is 21.8 Å². The first-order valence-electron chi connectivity index (χ1n) is 4.37. The van der Waals surface area contributed by atoms with Gasteiger partial charge >= 0.3 is 5.97 Å². The number of anilines is 1. The molecule has 0 aromatic heterocycles. The minimum atomic E-state index is -0.463. The highest BCUT2D eigenvalue weighted by atomic mass is 35.5. The Balaban J connectivity index is 3.01. The number of rotatable bonds is 2. The van der Waals surface area contributed by atoms with Crippen LogP contribution in [0.25, 0.3) is 0 Å². The third-order valence-electron chi connectivity index (χ3n) is 1.63. The van der Waals surface area contributed by atoms with Crippen molar-refractivity contribution in [3.05, 3.63) is 27.7 Å². The van der Waals surface area contributed by atoms with E-state index in [1.54, 1.807) is 13.8 Å². The number of nitrogens with two attached hydrogens (primary N) is 1. The molecule has 15 heavy (non-hydrogen) atoms. The van der Waals surface area contributed by atoms with Crippen molar-refractivity contribution in [1.29, 1.82) is 0 Å². The molecule has 0 amide bonds. The zero-order valence-electron chi connectivity index (χ0n) is 8.38. The lowest BCUT2D eigenvalue weighted by Gasteiger charge is -2.09. The van der Waals surface area contributed by atoms with E-state index in [2.05, 4.69) is 0 Å². The summed E-state index contributed by atoms with van der Waals surface area (Å²) in [5, 5.41) is 0.491. The summed E-state index contributed by atoms with van der Waals surface area (Å²) in [4.78, 5) is 11.5. The van der Waals surface area contributed by atoms with Crippen LogP contribution in [0.15, 0.2) is 12.1 Å². The van der Waals surface area contributed by atoms with Gasteiger partial charge in [0, 0.05) is 0 Å². The third-order valence-corrected chi connectivity index (χ3v) is 2.45. The number of halogens is 2. The Morgan fingerprint density at radius 2 is 2.00 bits per heavy atom. The van der Waals surface area contributed by atoms with Crippen LogP contribution in [-0.4, -0.2) is 12.1 Å². The molecule has 5 heteroatoms. The lowest BCUT2D eigenvalue weighted by molar-refractivity contribution is 0.0378. The normalized spacial score (nSPS) is 10.5. The number of benzene rings is 1. The number of nitrogen functional groups attached to an aromatic ring is 1. The molecule has 0 radical (unpaired) electrons. The largest absolute Gasteiger partial charge is 0.459 e. The third kappa shape index (κ3) is 3.01. The highest BCUT2D eigenvalue weighted by Crippen LogP contribution is 2.29. The molecule has 2 N–H and O–H groups in total. The predicted octanol–water partition coefficient (Wildman–Crippen LogP) is 3.14. The molecule has 82 valence electrons. The van der Waals surface area contributed by atoms with Gasteiger partial charge in [-0.15, -0.1) is 0 Å². The van der Waals surface area contributed by atoms with Gasteiger partial charge in [0.15, 0.2) is 0 Å². The van der Waals surface area contributed by atoms with Crippen molar-refractivity contribution in [2.75, 3.05) is 5.73 Å². The van der Waals surface area contributed by atoms with E-state index in [4.69, 9.17) is 33.7 Å². The number of esters is 1. The van der Waals surface area contributed by atoms with Crippen molar-refractivity contribution in [2.45, 2.75) is 20.0 Å². The Morgan fingerprint density at radius 1 is 1.40 bits per heavy atom. The average Bonchev–Trinajstić information content (AvgIpc) is 2.12. The molecule has 1 aromatic carbocycles. The lowest BCUT2D eigenvalue weighted by Crippen LogP contribution is -2.12. The lowest BCUT2D eigenvalue weighted by atomic mass is 10.2. The SMILES string of the molecule is CC(C)OC(=O)c1cc(N)c(Cl)c(Cl)c1. The summed E-state index contributed by atoms with van der Waals surface area (Å²) in [5.41, 5.74) is 6.13. The first-order valence-corrected chi connectivity index (χ1v) is 5.13. The van der Waals surface area contributed by atoms with Crippen molar-refractivity contribution in [3.63, 3.8) is 0 Å². The average molecular weight is 248 g/mol. The maximum atomic E-state index is 11.5. The van der Waals surface area contributed by atoms with Gasteiger partial charge in [0.1, 0.15) is 0 Å². The van der Waals surface area contributed by atoms with Crippen LogP contribution in [0.2, 0.25) is 10.0 Å². The van der Waals surface area contributed by atoms with Crippen LogP contribution < -0.4 is 5.73 Å². The van der Waals surface area contributed by atoms with Crippen molar-refractivity contribution in [2.24, 2.45) is 0 Å². The van der Waals surface area contributed by atoms with E-state index < -0.39 is 5.97 Å². The zero-order valence-corrected chi connectivity index (χ0v) is 9.89. The molecule has 0 atom stereocenters. The fourth-order valence-electron chi connectivity index (χ4n) is 1.01. The molecule has 1 aromatic rings. The molecule has 0 heterocycles. The molecule has 0 bridgehead atoms. The van der Waals surface area contributed by atoms with Crippen LogP contribution in [0, 0.1) is 0 Å². The maximum Gasteiger partial charge on any atom is 0.338 e. The first-order chi connectivity index (χ1) is 6.91.